The Hall–Kier alpha value is -5.48. The minimum absolute atomic E-state index is 0.0810. The Labute approximate surface area is 368 Å². The molecule has 16 heteroatoms. The molecule has 5 rings (SSSR count). The number of aromatic nitrogens is 2. The molecule has 0 saturated carbocycles. The zero-order valence-electron chi connectivity index (χ0n) is 37.0. The highest BCUT2D eigenvalue weighted by molar-refractivity contribution is 5.95. The molecular formula is C47H63F3N8O5. The normalized spacial score (nSPS) is 15.4. The number of carbonyl (C=O) groups is 3. The number of nitrogens with one attached hydrogen (secondary N) is 4. The first-order chi connectivity index (χ1) is 30.0. The van der Waals surface area contributed by atoms with Crippen LogP contribution in [0.25, 0.3) is 10.8 Å². The number of fused-ring (bicyclic) bond motifs is 1. The standard InChI is InChI=1S/C47H63F3N8O5/c1-30(2)27-41(53-45(61)42(59)40(54-46(62)63)28-34-15-10-9-11-16-34)44(60)51-21-12-7-6-8-13-22-57-23-25-58(26-24-57)35-19-20-37-33(5)55-56-43(38(37)29-35)52-32(4)36-17-14-18-39(31(36)3)47(48,49)50/h9-11,14-20,29-30,32,40-42,54,59H,6-8,12-13,21-28H2,1-5H3,(H,51,60)(H,52,56)(H,53,61)(H,62,63)/t32-,40-,41?,42+/m1/s1. The number of aliphatic hydroxyl groups excluding tert-OH is 1. The number of amides is 3. The average molecular weight is 877 g/mol. The number of unbranched alkanes of at least 4 members (excludes halogenated alkanes) is 4. The Morgan fingerprint density at radius 1 is 0.810 bits per heavy atom. The van der Waals surface area contributed by atoms with Crippen LogP contribution in [0.2, 0.25) is 0 Å². The molecule has 2 heterocycles. The Bertz CT molecular complexity index is 2130. The number of piperazine rings is 1. The predicted octanol–water partition coefficient (Wildman–Crippen LogP) is 7.40. The number of hydrogen-bond donors (Lipinski definition) is 6. The molecule has 342 valence electrons. The van der Waals surface area contributed by atoms with E-state index < -0.39 is 48.0 Å². The molecular weight excluding hydrogens is 814 g/mol. The summed E-state index contributed by atoms with van der Waals surface area (Å²) in [5.41, 5.74) is 2.68. The van der Waals surface area contributed by atoms with E-state index in [1.165, 1.54) is 13.0 Å². The number of alkyl halides is 3. The number of nitrogens with zero attached hydrogens (tertiary/aromatic N) is 4. The van der Waals surface area contributed by atoms with Gasteiger partial charge < -0.3 is 36.4 Å². The van der Waals surface area contributed by atoms with Crippen molar-refractivity contribution in [3.63, 3.8) is 0 Å². The summed E-state index contributed by atoms with van der Waals surface area (Å²) in [6.45, 7) is 14.1. The molecule has 1 saturated heterocycles. The van der Waals surface area contributed by atoms with Crippen molar-refractivity contribution in [2.75, 3.05) is 49.5 Å². The second kappa shape index (κ2) is 22.7. The second-order valence-corrected chi connectivity index (χ2v) is 17.0. The van der Waals surface area contributed by atoms with Crippen molar-refractivity contribution in [1.82, 2.24) is 31.0 Å². The van der Waals surface area contributed by atoms with E-state index in [1.807, 2.05) is 39.8 Å². The van der Waals surface area contributed by atoms with Gasteiger partial charge in [-0.1, -0.05) is 81.6 Å². The van der Waals surface area contributed by atoms with E-state index in [-0.39, 0.29) is 23.8 Å². The number of aliphatic hydroxyl groups is 1. The van der Waals surface area contributed by atoms with Crippen molar-refractivity contribution in [2.45, 2.75) is 110 Å². The average Bonchev–Trinajstić information content (AvgIpc) is 3.24. The number of hydrogen-bond acceptors (Lipinski definition) is 9. The number of aryl methyl sites for hydroxylation is 1. The fourth-order valence-electron chi connectivity index (χ4n) is 8.26. The first-order valence-electron chi connectivity index (χ1n) is 22.0. The lowest BCUT2D eigenvalue weighted by Gasteiger charge is -2.36. The van der Waals surface area contributed by atoms with E-state index in [0.717, 1.165) is 98.6 Å². The van der Waals surface area contributed by atoms with Crippen LogP contribution in [0.15, 0.2) is 66.7 Å². The van der Waals surface area contributed by atoms with Gasteiger partial charge in [0, 0.05) is 49.2 Å². The first-order valence-corrected chi connectivity index (χ1v) is 22.0. The van der Waals surface area contributed by atoms with Crippen LogP contribution in [0.5, 0.6) is 0 Å². The summed E-state index contributed by atoms with van der Waals surface area (Å²) in [6, 6.07) is 17.0. The van der Waals surface area contributed by atoms with Gasteiger partial charge in [0.1, 0.15) is 6.04 Å². The van der Waals surface area contributed by atoms with Crippen LogP contribution in [-0.4, -0.2) is 101 Å². The lowest BCUT2D eigenvalue weighted by molar-refractivity contribution is -0.138. The molecule has 3 amide bonds. The van der Waals surface area contributed by atoms with Gasteiger partial charge in [0.25, 0.3) is 5.91 Å². The number of carbonyl (C=O) groups excluding carboxylic acids is 2. The maximum absolute atomic E-state index is 13.6. The van der Waals surface area contributed by atoms with Gasteiger partial charge in [-0.3, -0.25) is 14.5 Å². The monoisotopic (exact) mass is 876 g/mol. The Kier molecular flexibility index (Phi) is 17.5. The molecule has 63 heavy (non-hydrogen) atoms. The highest BCUT2D eigenvalue weighted by Crippen LogP contribution is 2.36. The third-order valence-corrected chi connectivity index (χ3v) is 11.7. The molecule has 6 N–H and O–H groups in total. The van der Waals surface area contributed by atoms with Crippen molar-refractivity contribution in [3.8, 4) is 0 Å². The topological polar surface area (TPSA) is 172 Å². The van der Waals surface area contributed by atoms with Crippen molar-refractivity contribution < 1.29 is 37.8 Å². The molecule has 1 unspecified atom stereocenters. The maximum Gasteiger partial charge on any atom is 0.416 e. The van der Waals surface area contributed by atoms with Crippen LogP contribution >= 0.6 is 0 Å². The number of benzene rings is 3. The lowest BCUT2D eigenvalue weighted by atomic mass is 9.97. The second-order valence-electron chi connectivity index (χ2n) is 17.0. The lowest BCUT2D eigenvalue weighted by Crippen LogP contribution is -2.56. The third kappa shape index (κ3) is 14.0. The zero-order chi connectivity index (χ0) is 45.7. The van der Waals surface area contributed by atoms with E-state index >= 15 is 0 Å². The molecule has 0 radical (unpaired) electrons. The van der Waals surface area contributed by atoms with Gasteiger partial charge in [0.2, 0.25) is 5.91 Å². The van der Waals surface area contributed by atoms with Gasteiger partial charge in [0.05, 0.1) is 23.3 Å². The summed E-state index contributed by atoms with van der Waals surface area (Å²) in [7, 11) is 0. The summed E-state index contributed by atoms with van der Waals surface area (Å²) in [6.07, 6.45) is -2.16. The summed E-state index contributed by atoms with van der Waals surface area (Å²) >= 11 is 0. The highest BCUT2D eigenvalue weighted by atomic mass is 19.4. The summed E-state index contributed by atoms with van der Waals surface area (Å²) in [4.78, 5) is 42.5. The minimum Gasteiger partial charge on any atom is -0.465 e. The van der Waals surface area contributed by atoms with Crippen LogP contribution in [0.1, 0.15) is 93.3 Å². The third-order valence-electron chi connectivity index (χ3n) is 11.7. The Balaban J connectivity index is 1.03. The minimum atomic E-state index is -4.43. The maximum atomic E-state index is 13.6. The zero-order valence-corrected chi connectivity index (χ0v) is 37.0. The van der Waals surface area contributed by atoms with E-state index in [2.05, 4.69) is 53.4 Å². The quantitative estimate of drug-likeness (QED) is 0.0464. The van der Waals surface area contributed by atoms with Gasteiger partial charge in [0.15, 0.2) is 11.9 Å². The van der Waals surface area contributed by atoms with Crippen LogP contribution in [-0.2, 0) is 22.2 Å². The van der Waals surface area contributed by atoms with Gasteiger partial charge in [-0.25, -0.2) is 4.79 Å². The first kappa shape index (κ1) is 48.6. The fraction of sp³-hybridized carbons (Fsp3) is 0.511. The SMILES string of the molecule is Cc1c([C@@H](C)Nc2nnc(C)c3ccc(N4CCN(CCCCCCCNC(=O)C(CC(C)C)NC(=O)[C@@H](O)[C@@H](Cc5ccccc5)NC(=O)O)CC4)cc23)cccc1C(F)(F)F. The summed E-state index contributed by atoms with van der Waals surface area (Å²) in [5, 5.41) is 41.9. The molecule has 4 aromatic rings. The highest BCUT2D eigenvalue weighted by Gasteiger charge is 2.34. The number of halogens is 3. The van der Waals surface area contributed by atoms with E-state index in [9.17, 15) is 37.8 Å². The predicted molar refractivity (Wildman–Crippen MR) is 240 cm³/mol. The molecule has 3 aromatic carbocycles. The largest absolute Gasteiger partial charge is 0.465 e. The van der Waals surface area contributed by atoms with Crippen LogP contribution < -0.4 is 26.2 Å². The van der Waals surface area contributed by atoms with Crippen LogP contribution in [0, 0.1) is 19.8 Å². The van der Waals surface area contributed by atoms with E-state index in [0.29, 0.717) is 24.3 Å². The molecule has 1 aromatic heterocycles. The molecule has 1 aliphatic heterocycles. The molecule has 1 fully saturated rings. The van der Waals surface area contributed by atoms with E-state index in [4.69, 9.17) is 0 Å². The van der Waals surface area contributed by atoms with Crippen LogP contribution in [0.3, 0.4) is 0 Å². The van der Waals surface area contributed by atoms with Crippen LogP contribution in [0.4, 0.5) is 29.5 Å². The molecule has 0 aliphatic carbocycles. The molecule has 13 nitrogen and oxygen atoms in total. The van der Waals surface area contributed by atoms with Crippen molar-refractivity contribution in [2.24, 2.45) is 5.92 Å². The number of anilines is 2. The fourth-order valence-corrected chi connectivity index (χ4v) is 8.26. The number of rotatable bonds is 21. The van der Waals surface area contributed by atoms with Gasteiger partial charge in [-0.2, -0.15) is 18.3 Å². The van der Waals surface area contributed by atoms with E-state index in [1.54, 1.807) is 30.3 Å². The van der Waals surface area contributed by atoms with Gasteiger partial charge >= 0.3 is 12.3 Å². The Morgan fingerprint density at radius 2 is 1.51 bits per heavy atom. The molecule has 4 atom stereocenters. The molecule has 1 aliphatic rings. The molecule has 0 bridgehead atoms. The van der Waals surface area contributed by atoms with Crippen molar-refractivity contribution in [1.29, 1.82) is 0 Å². The smallest absolute Gasteiger partial charge is 0.416 e. The number of carboxylic acid groups (broad SMARTS) is 1. The summed E-state index contributed by atoms with van der Waals surface area (Å²) < 4.78 is 40.9. The van der Waals surface area contributed by atoms with Gasteiger partial charge in [-0.05, 0) is 93.8 Å². The summed E-state index contributed by atoms with van der Waals surface area (Å²) in [5.74, 6) is -0.537. The molecule has 0 spiro atoms. The van der Waals surface area contributed by atoms with Crippen molar-refractivity contribution in [3.05, 3.63) is 94.7 Å². The Morgan fingerprint density at radius 3 is 2.19 bits per heavy atom. The van der Waals surface area contributed by atoms with Crippen molar-refractivity contribution >= 4 is 40.2 Å². The van der Waals surface area contributed by atoms with Gasteiger partial charge in [-0.15, -0.1) is 5.10 Å².